The fourth-order valence-corrected chi connectivity index (χ4v) is 2.25. The van der Waals surface area contributed by atoms with Crippen molar-refractivity contribution >= 4 is 17.7 Å². The van der Waals surface area contributed by atoms with Crippen molar-refractivity contribution in [2.75, 3.05) is 0 Å². The number of rotatable bonds is 4. The van der Waals surface area contributed by atoms with E-state index in [-0.39, 0.29) is 5.69 Å². The second-order valence-corrected chi connectivity index (χ2v) is 4.45. The molecule has 3 nitrogen and oxygen atoms in total. The van der Waals surface area contributed by atoms with Gasteiger partial charge in [-0.3, -0.25) is 0 Å². The summed E-state index contributed by atoms with van der Waals surface area (Å²) in [7, 11) is 0. The SMILES string of the molecule is O=C(O)c1cccn1-c1ccccc1SC(F)F. The number of carboxylic acid groups (broad SMARTS) is 1. The van der Waals surface area contributed by atoms with Crippen LogP contribution >= 0.6 is 11.8 Å². The molecular formula is C12H9F2NO2S. The van der Waals surface area contributed by atoms with Gasteiger partial charge in [-0.25, -0.2) is 4.79 Å². The molecule has 1 heterocycles. The third-order valence-electron chi connectivity index (χ3n) is 2.31. The first-order valence-corrected chi connectivity index (χ1v) is 5.92. The summed E-state index contributed by atoms with van der Waals surface area (Å²) in [6, 6.07) is 9.45. The Kier molecular flexibility index (Phi) is 3.66. The maximum Gasteiger partial charge on any atom is 0.352 e. The van der Waals surface area contributed by atoms with Gasteiger partial charge in [0, 0.05) is 11.1 Å². The van der Waals surface area contributed by atoms with Gasteiger partial charge in [-0.15, -0.1) is 0 Å². The van der Waals surface area contributed by atoms with Crippen LogP contribution in [0.5, 0.6) is 0 Å². The summed E-state index contributed by atoms with van der Waals surface area (Å²) < 4.78 is 26.3. The van der Waals surface area contributed by atoms with Crippen LogP contribution in [0.25, 0.3) is 5.69 Å². The quantitative estimate of drug-likeness (QED) is 0.864. The second kappa shape index (κ2) is 5.22. The minimum Gasteiger partial charge on any atom is -0.477 e. The maximum atomic E-state index is 12.4. The smallest absolute Gasteiger partial charge is 0.352 e. The number of benzene rings is 1. The van der Waals surface area contributed by atoms with E-state index in [1.165, 1.54) is 22.9 Å². The highest BCUT2D eigenvalue weighted by molar-refractivity contribution is 7.99. The molecule has 6 heteroatoms. The zero-order valence-electron chi connectivity index (χ0n) is 9.09. The van der Waals surface area contributed by atoms with E-state index in [4.69, 9.17) is 5.11 Å². The van der Waals surface area contributed by atoms with E-state index in [0.29, 0.717) is 22.3 Å². The molecule has 0 saturated carbocycles. The van der Waals surface area contributed by atoms with E-state index < -0.39 is 11.7 Å². The molecule has 0 saturated heterocycles. The molecule has 0 atom stereocenters. The molecule has 18 heavy (non-hydrogen) atoms. The van der Waals surface area contributed by atoms with Gasteiger partial charge < -0.3 is 9.67 Å². The van der Waals surface area contributed by atoms with Gasteiger partial charge in [-0.2, -0.15) is 8.78 Å². The molecule has 0 aliphatic rings. The third kappa shape index (κ3) is 2.53. The first-order valence-electron chi connectivity index (χ1n) is 5.04. The lowest BCUT2D eigenvalue weighted by Gasteiger charge is -2.11. The molecule has 2 aromatic rings. The standard InChI is InChI=1S/C12H9F2NO2S/c13-12(14)18-10-6-2-1-4-8(10)15-7-3-5-9(15)11(16)17/h1-7,12H,(H,16,17). The van der Waals surface area contributed by atoms with Crippen LogP contribution in [0.1, 0.15) is 10.5 Å². The maximum absolute atomic E-state index is 12.4. The summed E-state index contributed by atoms with van der Waals surface area (Å²) in [5.41, 5.74) is 0.475. The van der Waals surface area contributed by atoms with Crippen molar-refractivity contribution in [1.29, 1.82) is 0 Å². The first kappa shape index (κ1) is 12.6. The molecule has 2 rings (SSSR count). The zero-order valence-corrected chi connectivity index (χ0v) is 9.90. The number of halogens is 2. The number of aromatic nitrogens is 1. The molecule has 94 valence electrons. The van der Waals surface area contributed by atoms with Gasteiger partial charge in [0.15, 0.2) is 0 Å². The molecule has 0 radical (unpaired) electrons. The second-order valence-electron chi connectivity index (χ2n) is 3.41. The van der Waals surface area contributed by atoms with Gasteiger partial charge in [0.05, 0.1) is 5.69 Å². The van der Waals surface area contributed by atoms with Crippen molar-refractivity contribution in [2.24, 2.45) is 0 Å². The Hall–Kier alpha value is -1.82. The van der Waals surface area contributed by atoms with Crippen LogP contribution in [0.15, 0.2) is 47.5 Å². The zero-order chi connectivity index (χ0) is 13.1. The molecule has 1 aromatic carbocycles. The lowest BCUT2D eigenvalue weighted by atomic mass is 10.3. The summed E-state index contributed by atoms with van der Waals surface area (Å²) in [5.74, 6) is -3.65. The van der Waals surface area contributed by atoms with E-state index in [2.05, 4.69) is 0 Å². The minimum atomic E-state index is -2.55. The van der Waals surface area contributed by atoms with E-state index in [9.17, 15) is 13.6 Å². The van der Waals surface area contributed by atoms with E-state index >= 15 is 0 Å². The molecule has 0 aliphatic carbocycles. The Morgan fingerprint density at radius 3 is 2.61 bits per heavy atom. The Morgan fingerprint density at radius 1 is 1.22 bits per heavy atom. The van der Waals surface area contributed by atoms with Crippen LogP contribution < -0.4 is 0 Å². The molecule has 0 spiro atoms. The van der Waals surface area contributed by atoms with Crippen molar-refractivity contribution in [3.05, 3.63) is 48.3 Å². The molecule has 0 aliphatic heterocycles. The molecule has 1 N–H and O–H groups in total. The summed E-state index contributed by atoms with van der Waals surface area (Å²) >= 11 is 0.397. The summed E-state index contributed by atoms with van der Waals surface area (Å²) in [4.78, 5) is 11.4. The summed E-state index contributed by atoms with van der Waals surface area (Å²) in [6.07, 6.45) is 1.54. The number of nitrogens with zero attached hydrogens (tertiary/aromatic N) is 1. The molecule has 0 fully saturated rings. The number of aromatic carboxylic acids is 1. The predicted molar refractivity (Wildman–Crippen MR) is 64.6 cm³/mol. The van der Waals surface area contributed by atoms with Crippen molar-refractivity contribution in [1.82, 2.24) is 4.57 Å². The Bertz CT molecular complexity index is 569. The summed E-state index contributed by atoms with van der Waals surface area (Å²) in [6.45, 7) is 0. The fourth-order valence-electron chi connectivity index (χ4n) is 1.62. The van der Waals surface area contributed by atoms with Crippen molar-refractivity contribution in [3.8, 4) is 5.69 Å². The predicted octanol–water partition coefficient (Wildman–Crippen LogP) is 3.49. The normalized spacial score (nSPS) is 10.8. The topological polar surface area (TPSA) is 42.2 Å². The Morgan fingerprint density at radius 2 is 1.94 bits per heavy atom. The molecular weight excluding hydrogens is 260 g/mol. The lowest BCUT2D eigenvalue weighted by Crippen LogP contribution is -2.06. The van der Waals surface area contributed by atoms with E-state index in [1.807, 2.05) is 0 Å². The van der Waals surface area contributed by atoms with Crippen LogP contribution in [0, 0.1) is 0 Å². The largest absolute Gasteiger partial charge is 0.477 e. The van der Waals surface area contributed by atoms with Crippen LogP contribution in [-0.2, 0) is 0 Å². The van der Waals surface area contributed by atoms with Gasteiger partial charge in [-0.05, 0) is 24.3 Å². The molecule has 0 unspecified atom stereocenters. The Balaban J connectivity index is 2.50. The fraction of sp³-hybridized carbons (Fsp3) is 0.0833. The molecule has 0 amide bonds. The number of hydrogen-bond donors (Lipinski definition) is 1. The number of hydrogen-bond acceptors (Lipinski definition) is 2. The van der Waals surface area contributed by atoms with E-state index in [1.54, 1.807) is 24.3 Å². The van der Waals surface area contributed by atoms with Gasteiger partial charge in [0.1, 0.15) is 5.69 Å². The van der Waals surface area contributed by atoms with Crippen LogP contribution in [0.2, 0.25) is 0 Å². The van der Waals surface area contributed by atoms with Gasteiger partial charge >= 0.3 is 5.97 Å². The number of para-hydroxylation sites is 1. The average molecular weight is 269 g/mol. The van der Waals surface area contributed by atoms with Crippen LogP contribution in [0.3, 0.4) is 0 Å². The van der Waals surface area contributed by atoms with Crippen molar-refractivity contribution in [3.63, 3.8) is 0 Å². The molecule has 0 bridgehead atoms. The lowest BCUT2D eigenvalue weighted by molar-refractivity contribution is 0.0688. The van der Waals surface area contributed by atoms with Gasteiger partial charge in [-0.1, -0.05) is 23.9 Å². The minimum absolute atomic E-state index is 0.0392. The van der Waals surface area contributed by atoms with Crippen molar-refractivity contribution < 1.29 is 18.7 Å². The van der Waals surface area contributed by atoms with Crippen molar-refractivity contribution in [2.45, 2.75) is 10.7 Å². The van der Waals surface area contributed by atoms with Crippen LogP contribution in [0.4, 0.5) is 8.78 Å². The Labute approximate surface area is 106 Å². The monoisotopic (exact) mass is 269 g/mol. The first-order chi connectivity index (χ1) is 8.59. The number of alkyl halides is 2. The highest BCUT2D eigenvalue weighted by Gasteiger charge is 2.15. The highest BCUT2D eigenvalue weighted by Crippen LogP contribution is 2.31. The average Bonchev–Trinajstić information content (AvgIpc) is 2.77. The number of carbonyl (C=O) groups is 1. The van der Waals surface area contributed by atoms with Gasteiger partial charge in [0.25, 0.3) is 5.76 Å². The third-order valence-corrected chi connectivity index (χ3v) is 3.09. The summed E-state index contributed by atoms with van der Waals surface area (Å²) in [5, 5.41) is 9.01. The van der Waals surface area contributed by atoms with E-state index in [0.717, 1.165) is 0 Å². The highest BCUT2D eigenvalue weighted by atomic mass is 32.2. The van der Waals surface area contributed by atoms with Gasteiger partial charge in [0.2, 0.25) is 0 Å². The molecule has 1 aromatic heterocycles. The number of thioether (sulfide) groups is 1. The van der Waals surface area contributed by atoms with Crippen LogP contribution in [-0.4, -0.2) is 21.4 Å². The number of carboxylic acids is 1.